The molecule has 0 spiro atoms. The molecule has 2 aromatic rings. The molecule has 1 N–H and O–H groups in total. The Morgan fingerprint density at radius 1 is 1.29 bits per heavy atom. The predicted molar refractivity (Wildman–Crippen MR) is 67.8 cm³/mol. The Labute approximate surface area is 101 Å². The average Bonchev–Trinajstić information content (AvgIpc) is 2.78. The SMILES string of the molecule is CNCc1cc(CN(C)c2ccccc2)on1. The molecule has 4 nitrogen and oxygen atoms in total. The van der Waals surface area contributed by atoms with Crippen molar-refractivity contribution in [1.82, 2.24) is 10.5 Å². The Kier molecular flexibility index (Phi) is 3.77. The molecule has 0 aliphatic carbocycles. The van der Waals surface area contributed by atoms with E-state index in [4.69, 9.17) is 4.52 Å². The molecule has 0 radical (unpaired) electrons. The Morgan fingerprint density at radius 3 is 2.76 bits per heavy atom. The lowest BCUT2D eigenvalue weighted by atomic mass is 10.3. The van der Waals surface area contributed by atoms with Crippen molar-refractivity contribution in [1.29, 1.82) is 0 Å². The zero-order valence-corrected chi connectivity index (χ0v) is 10.2. The van der Waals surface area contributed by atoms with Crippen molar-refractivity contribution in [2.24, 2.45) is 0 Å². The van der Waals surface area contributed by atoms with Gasteiger partial charge in [-0.2, -0.15) is 0 Å². The van der Waals surface area contributed by atoms with Crippen LogP contribution in [0.25, 0.3) is 0 Å². The minimum absolute atomic E-state index is 0.723. The van der Waals surface area contributed by atoms with Crippen molar-refractivity contribution in [3.05, 3.63) is 47.9 Å². The summed E-state index contributed by atoms with van der Waals surface area (Å²) >= 11 is 0. The van der Waals surface area contributed by atoms with E-state index >= 15 is 0 Å². The lowest BCUT2D eigenvalue weighted by Crippen LogP contribution is -2.15. The van der Waals surface area contributed by atoms with Gasteiger partial charge in [0.2, 0.25) is 0 Å². The highest BCUT2D eigenvalue weighted by Gasteiger charge is 2.07. The number of anilines is 1. The van der Waals surface area contributed by atoms with Gasteiger partial charge >= 0.3 is 0 Å². The lowest BCUT2D eigenvalue weighted by molar-refractivity contribution is 0.376. The smallest absolute Gasteiger partial charge is 0.156 e. The van der Waals surface area contributed by atoms with Crippen LogP contribution in [0, 0.1) is 0 Å². The molecule has 4 heteroatoms. The summed E-state index contributed by atoms with van der Waals surface area (Å²) in [5.41, 5.74) is 2.10. The van der Waals surface area contributed by atoms with Gasteiger partial charge in [-0.25, -0.2) is 0 Å². The number of benzene rings is 1. The summed E-state index contributed by atoms with van der Waals surface area (Å²) in [4.78, 5) is 2.13. The van der Waals surface area contributed by atoms with Crippen LogP contribution >= 0.6 is 0 Å². The molecule has 0 saturated heterocycles. The average molecular weight is 231 g/mol. The van der Waals surface area contributed by atoms with Crippen molar-refractivity contribution in [2.75, 3.05) is 19.0 Å². The third-order valence-corrected chi connectivity index (χ3v) is 2.56. The van der Waals surface area contributed by atoms with Crippen LogP contribution in [0.4, 0.5) is 5.69 Å². The number of nitrogens with one attached hydrogen (secondary N) is 1. The van der Waals surface area contributed by atoms with E-state index in [1.54, 1.807) is 0 Å². The predicted octanol–water partition coefficient (Wildman–Crippen LogP) is 2.03. The normalized spacial score (nSPS) is 10.5. The zero-order valence-electron chi connectivity index (χ0n) is 10.2. The summed E-state index contributed by atoms with van der Waals surface area (Å²) in [6.45, 7) is 1.46. The molecule has 0 aliphatic heterocycles. The van der Waals surface area contributed by atoms with Gasteiger partial charge in [0.1, 0.15) is 0 Å². The highest BCUT2D eigenvalue weighted by Crippen LogP contribution is 2.15. The molecule has 90 valence electrons. The standard InChI is InChI=1S/C13H17N3O/c1-14-9-11-8-13(17-15-11)10-16(2)12-6-4-3-5-7-12/h3-8,14H,9-10H2,1-2H3. The molecule has 1 aromatic carbocycles. The van der Waals surface area contributed by atoms with Crippen molar-refractivity contribution >= 4 is 5.69 Å². The summed E-state index contributed by atoms with van der Waals surface area (Å²) in [5, 5.41) is 7.03. The van der Waals surface area contributed by atoms with Crippen molar-refractivity contribution in [2.45, 2.75) is 13.1 Å². The van der Waals surface area contributed by atoms with E-state index in [0.29, 0.717) is 0 Å². The topological polar surface area (TPSA) is 41.3 Å². The monoisotopic (exact) mass is 231 g/mol. The second-order valence-corrected chi connectivity index (χ2v) is 4.01. The summed E-state index contributed by atoms with van der Waals surface area (Å²) in [7, 11) is 3.93. The van der Waals surface area contributed by atoms with E-state index < -0.39 is 0 Å². The Morgan fingerprint density at radius 2 is 2.06 bits per heavy atom. The van der Waals surface area contributed by atoms with Gasteiger partial charge in [-0.1, -0.05) is 23.4 Å². The van der Waals surface area contributed by atoms with E-state index in [2.05, 4.69) is 27.5 Å². The molecule has 0 atom stereocenters. The summed E-state index contributed by atoms with van der Waals surface area (Å²) in [6.07, 6.45) is 0. The molecular weight excluding hydrogens is 214 g/mol. The number of para-hydroxylation sites is 1. The van der Waals surface area contributed by atoms with E-state index in [9.17, 15) is 0 Å². The van der Waals surface area contributed by atoms with Gasteiger partial charge in [-0.3, -0.25) is 0 Å². The molecule has 2 rings (SSSR count). The molecular formula is C13H17N3O. The maximum absolute atomic E-state index is 5.28. The largest absolute Gasteiger partial charge is 0.367 e. The second-order valence-electron chi connectivity index (χ2n) is 4.01. The number of hydrogen-bond acceptors (Lipinski definition) is 4. The number of hydrogen-bond donors (Lipinski definition) is 1. The van der Waals surface area contributed by atoms with Crippen molar-refractivity contribution < 1.29 is 4.52 Å². The number of nitrogens with zero attached hydrogens (tertiary/aromatic N) is 2. The summed E-state index contributed by atoms with van der Waals surface area (Å²) < 4.78 is 5.28. The molecule has 0 unspecified atom stereocenters. The fourth-order valence-electron chi connectivity index (χ4n) is 1.70. The van der Waals surface area contributed by atoms with Crippen LogP contribution < -0.4 is 10.2 Å². The first-order chi connectivity index (χ1) is 8.29. The number of rotatable bonds is 5. The molecule has 0 saturated carbocycles. The molecule has 0 bridgehead atoms. The van der Waals surface area contributed by atoms with Gasteiger partial charge in [-0.05, 0) is 19.2 Å². The maximum atomic E-state index is 5.28. The van der Waals surface area contributed by atoms with Crippen LogP contribution in [0.15, 0.2) is 40.9 Å². The molecule has 17 heavy (non-hydrogen) atoms. The van der Waals surface area contributed by atoms with E-state index in [1.807, 2.05) is 38.4 Å². The van der Waals surface area contributed by atoms with Gasteiger partial charge in [-0.15, -0.1) is 0 Å². The highest BCUT2D eigenvalue weighted by molar-refractivity contribution is 5.45. The maximum Gasteiger partial charge on any atom is 0.156 e. The molecule has 0 fully saturated rings. The fourth-order valence-corrected chi connectivity index (χ4v) is 1.70. The van der Waals surface area contributed by atoms with Gasteiger partial charge in [0, 0.05) is 25.3 Å². The summed E-state index contributed by atoms with van der Waals surface area (Å²) in [5.74, 6) is 0.876. The second kappa shape index (κ2) is 5.50. The van der Waals surface area contributed by atoms with E-state index in [1.165, 1.54) is 5.69 Å². The lowest BCUT2D eigenvalue weighted by Gasteiger charge is -2.16. The van der Waals surface area contributed by atoms with E-state index in [-0.39, 0.29) is 0 Å². The van der Waals surface area contributed by atoms with Crippen LogP contribution in [0.3, 0.4) is 0 Å². The third kappa shape index (κ3) is 3.07. The zero-order chi connectivity index (χ0) is 12.1. The third-order valence-electron chi connectivity index (χ3n) is 2.56. The highest BCUT2D eigenvalue weighted by atomic mass is 16.5. The first-order valence-corrected chi connectivity index (χ1v) is 5.65. The van der Waals surface area contributed by atoms with Crippen LogP contribution in [0.5, 0.6) is 0 Å². The fraction of sp³-hybridized carbons (Fsp3) is 0.308. The van der Waals surface area contributed by atoms with Crippen LogP contribution in [0.1, 0.15) is 11.5 Å². The van der Waals surface area contributed by atoms with Gasteiger partial charge in [0.15, 0.2) is 5.76 Å². The van der Waals surface area contributed by atoms with Crippen LogP contribution in [-0.2, 0) is 13.1 Å². The molecule has 1 heterocycles. The van der Waals surface area contributed by atoms with Crippen molar-refractivity contribution in [3.8, 4) is 0 Å². The summed E-state index contributed by atoms with van der Waals surface area (Å²) in [6, 6.07) is 12.2. The van der Waals surface area contributed by atoms with Crippen LogP contribution in [0.2, 0.25) is 0 Å². The van der Waals surface area contributed by atoms with Crippen LogP contribution in [-0.4, -0.2) is 19.3 Å². The number of aromatic nitrogens is 1. The molecule has 0 amide bonds. The minimum Gasteiger partial charge on any atom is -0.367 e. The van der Waals surface area contributed by atoms with E-state index in [0.717, 1.165) is 24.5 Å². The molecule has 1 aromatic heterocycles. The first-order valence-electron chi connectivity index (χ1n) is 5.65. The Bertz CT molecular complexity index is 453. The van der Waals surface area contributed by atoms with Gasteiger partial charge in [0.05, 0.1) is 12.2 Å². The quantitative estimate of drug-likeness (QED) is 0.855. The van der Waals surface area contributed by atoms with Crippen molar-refractivity contribution in [3.63, 3.8) is 0 Å². The Balaban J connectivity index is 2.00. The first kappa shape index (κ1) is 11.7. The Hall–Kier alpha value is -1.81. The van der Waals surface area contributed by atoms with Gasteiger partial charge < -0.3 is 14.7 Å². The minimum atomic E-state index is 0.723. The molecule has 0 aliphatic rings. The van der Waals surface area contributed by atoms with Gasteiger partial charge in [0.25, 0.3) is 0 Å².